The minimum atomic E-state index is -0.0912. The fourth-order valence-electron chi connectivity index (χ4n) is 8.64. The number of hydrogen-bond acceptors (Lipinski definition) is 5. The molecule has 16 bridgehead atoms. The van der Waals surface area contributed by atoms with Crippen LogP contribution in [0.2, 0.25) is 0 Å². The number of nitrogens with one attached hydrogen (secondary N) is 5. The van der Waals surface area contributed by atoms with E-state index in [0.717, 1.165) is 140 Å². The number of benzene rings is 1. The van der Waals surface area contributed by atoms with Gasteiger partial charge in [0.25, 0.3) is 0 Å². The van der Waals surface area contributed by atoms with Gasteiger partial charge in [0.2, 0.25) is 5.91 Å². The van der Waals surface area contributed by atoms with E-state index in [1.165, 1.54) is 12.5 Å². The molecule has 11 rings (SSSR count). The minimum absolute atomic E-state index is 0. The molecule has 0 spiro atoms. The van der Waals surface area contributed by atoms with E-state index in [-0.39, 0.29) is 15.8 Å². The zero-order valence-electron chi connectivity index (χ0n) is 38.3. The Bertz CT molecular complexity index is 3430. The summed E-state index contributed by atoms with van der Waals surface area (Å²) in [4.78, 5) is 45.4. The molecule has 0 aliphatic carbocycles. The van der Waals surface area contributed by atoms with Gasteiger partial charge in [-0.25, -0.2) is 19.9 Å². The van der Waals surface area contributed by atoms with Crippen molar-refractivity contribution in [2.75, 3.05) is 5.32 Å². The van der Waals surface area contributed by atoms with E-state index in [1.54, 1.807) is 0 Å². The molecule has 7 aromatic rings. The Balaban J connectivity index is 0.000000169. The third kappa shape index (κ3) is 8.05. The average Bonchev–Trinajstić information content (AvgIpc) is 4.17. The summed E-state index contributed by atoms with van der Waals surface area (Å²) in [5.41, 5.74) is 26.7. The van der Waals surface area contributed by atoms with Gasteiger partial charge < -0.3 is 35.2 Å². The van der Waals surface area contributed by atoms with E-state index in [2.05, 4.69) is 171 Å². The Morgan fingerprint density at radius 1 is 0.364 bits per heavy atom. The third-order valence-electron chi connectivity index (χ3n) is 12.8. The molecular weight excluding hydrogens is 834 g/mol. The molecule has 0 saturated carbocycles. The molecule has 6 aromatic heterocycles. The number of carbonyl (C=O) groups excluding carboxylic acids is 1. The standard InChI is InChI=1S/C31H27N5O.C24H22N4.H2P/c1-17-23-9-11-25(33-23)18(2)27-13-15-29(35-27)31(21-5-7-22(8-6-21)32-20(4)37)30-16-14-28(36-30)19(3)26-12-10-24(17)34-26;1-13-17-5-7-19(25-17)14(2)21-9-11-23(27-21)16(4)24-12-10-22(28-24)15(3)20-8-6-18(13)26-20;/h5-16,35-36H,1-4H3,(H,32,37);5-12,25-26H,1-4H3;1H2/q;;-1. The normalized spacial score (nSPS) is 12.2. The number of H-pyrrole nitrogens is 4. The topological polar surface area (TPSA) is 144 Å². The quantitative estimate of drug-likeness (QED) is 0.110. The lowest BCUT2D eigenvalue weighted by atomic mass is 10.0. The SMILES string of the molecule is CC(=O)Nc1ccc(-c2c3ccc([nH]3)c(C)c3nc(c(C)c4nc(c(C)c5ccc2[nH]5)C=C4)C=C3)cc1.Cc1c2nc(c(C)c3ccc([nH]3)c(C)c3ccc([nH]3)c(C)c3nc1C=C3)C=C2.[PH2-]. The van der Waals surface area contributed by atoms with Crippen molar-refractivity contribution >= 4 is 114 Å². The van der Waals surface area contributed by atoms with Crippen molar-refractivity contribution in [3.05, 3.63) is 157 Å². The highest BCUT2D eigenvalue weighted by molar-refractivity contribution is 6.92. The van der Waals surface area contributed by atoms with E-state index in [0.29, 0.717) is 0 Å². The van der Waals surface area contributed by atoms with Crippen LogP contribution in [0.3, 0.4) is 0 Å². The first-order chi connectivity index (χ1) is 31.4. The van der Waals surface area contributed by atoms with Gasteiger partial charge in [0.1, 0.15) is 0 Å². The third-order valence-corrected chi connectivity index (χ3v) is 12.8. The Labute approximate surface area is 386 Å². The molecule has 328 valence electrons. The summed E-state index contributed by atoms with van der Waals surface area (Å²) in [6.45, 7) is 16.2. The lowest BCUT2D eigenvalue weighted by Crippen LogP contribution is -2.05. The summed E-state index contributed by atoms with van der Waals surface area (Å²) in [5.74, 6) is -0.0912. The average molecular weight is 885 g/mol. The number of aromatic nitrogens is 8. The molecule has 0 radical (unpaired) electrons. The molecule has 1 amide bonds. The molecule has 10 heterocycles. The molecule has 5 N–H and O–H groups in total. The van der Waals surface area contributed by atoms with Crippen LogP contribution in [0.5, 0.6) is 0 Å². The number of fused-ring (bicyclic) bond motifs is 16. The van der Waals surface area contributed by atoms with Crippen LogP contribution in [-0.2, 0) is 4.79 Å². The number of rotatable bonds is 2. The van der Waals surface area contributed by atoms with Gasteiger partial charge in [0, 0.05) is 73.4 Å². The molecular formula is C55H51N9OP-. The largest absolute Gasteiger partial charge is 0.577 e. The number of aromatic amines is 4. The van der Waals surface area contributed by atoms with Crippen LogP contribution in [-0.4, -0.2) is 45.8 Å². The number of aryl methyl sites for hydroxylation is 5. The van der Waals surface area contributed by atoms with Crippen LogP contribution in [0.1, 0.15) is 91.4 Å². The first-order valence-corrected chi connectivity index (χ1v) is 21.8. The zero-order chi connectivity index (χ0) is 45.1. The fourth-order valence-corrected chi connectivity index (χ4v) is 8.64. The number of carbonyl (C=O) groups is 1. The summed E-state index contributed by atoms with van der Waals surface area (Å²) < 4.78 is 0. The van der Waals surface area contributed by atoms with Crippen LogP contribution < -0.4 is 5.32 Å². The maximum atomic E-state index is 11.5. The van der Waals surface area contributed by atoms with Crippen LogP contribution in [0.15, 0.2) is 72.8 Å². The van der Waals surface area contributed by atoms with Gasteiger partial charge in [-0.3, -0.25) is 4.79 Å². The number of nitrogens with zero attached hydrogens (tertiary/aromatic N) is 4. The van der Waals surface area contributed by atoms with Crippen molar-refractivity contribution in [2.45, 2.75) is 55.4 Å². The predicted molar refractivity (Wildman–Crippen MR) is 280 cm³/mol. The molecule has 66 heavy (non-hydrogen) atoms. The maximum Gasteiger partial charge on any atom is 0.221 e. The molecule has 11 heteroatoms. The van der Waals surface area contributed by atoms with Gasteiger partial charge in [0.15, 0.2) is 0 Å². The molecule has 4 aliphatic rings. The summed E-state index contributed by atoms with van der Waals surface area (Å²) >= 11 is 0. The molecule has 0 fully saturated rings. The van der Waals surface area contributed by atoms with Crippen LogP contribution >= 0.6 is 9.90 Å². The number of hydrogen-bond donors (Lipinski definition) is 5. The summed E-state index contributed by atoms with van der Waals surface area (Å²) in [7, 11) is 0. The Morgan fingerprint density at radius 3 is 0.924 bits per heavy atom. The first-order valence-electron chi connectivity index (χ1n) is 21.8. The minimum Gasteiger partial charge on any atom is -0.577 e. The van der Waals surface area contributed by atoms with Crippen molar-refractivity contribution in [3.8, 4) is 11.1 Å². The van der Waals surface area contributed by atoms with Crippen molar-refractivity contribution < 1.29 is 4.79 Å². The highest BCUT2D eigenvalue weighted by Crippen LogP contribution is 2.32. The summed E-state index contributed by atoms with van der Waals surface area (Å²) in [6.07, 6.45) is 16.6. The number of anilines is 1. The predicted octanol–water partition coefficient (Wildman–Crippen LogP) is 13.4. The second-order valence-electron chi connectivity index (χ2n) is 17.0. The van der Waals surface area contributed by atoms with Gasteiger partial charge in [-0.1, -0.05) is 12.1 Å². The van der Waals surface area contributed by atoms with Crippen LogP contribution in [0, 0.1) is 48.5 Å². The first kappa shape index (κ1) is 43.6. The lowest BCUT2D eigenvalue weighted by Gasteiger charge is -2.06. The van der Waals surface area contributed by atoms with E-state index < -0.39 is 0 Å². The van der Waals surface area contributed by atoms with Gasteiger partial charge in [-0.15, -0.1) is 0 Å². The fraction of sp³-hybridized carbons (Fsp3) is 0.145. The second kappa shape index (κ2) is 17.4. The molecule has 1 aromatic carbocycles. The van der Waals surface area contributed by atoms with Crippen molar-refractivity contribution in [3.63, 3.8) is 0 Å². The van der Waals surface area contributed by atoms with Gasteiger partial charge in [-0.05, 0) is 191 Å². The van der Waals surface area contributed by atoms with Crippen LogP contribution in [0.4, 0.5) is 5.69 Å². The van der Waals surface area contributed by atoms with Crippen LogP contribution in [0.25, 0.3) is 104 Å². The Morgan fingerprint density at radius 2 is 0.621 bits per heavy atom. The van der Waals surface area contributed by atoms with E-state index in [4.69, 9.17) is 19.9 Å². The van der Waals surface area contributed by atoms with Gasteiger partial charge in [-0.2, -0.15) is 0 Å². The second-order valence-corrected chi connectivity index (χ2v) is 17.0. The maximum absolute atomic E-state index is 11.5. The Kier molecular flexibility index (Phi) is 11.5. The smallest absolute Gasteiger partial charge is 0.221 e. The molecule has 0 unspecified atom stereocenters. The summed E-state index contributed by atoms with van der Waals surface area (Å²) in [6, 6.07) is 24.9. The zero-order valence-corrected chi connectivity index (χ0v) is 39.5. The Hall–Kier alpha value is -7.68. The molecule has 0 saturated heterocycles. The van der Waals surface area contributed by atoms with Gasteiger partial charge >= 0.3 is 0 Å². The van der Waals surface area contributed by atoms with Crippen molar-refractivity contribution in [2.24, 2.45) is 0 Å². The highest BCUT2D eigenvalue weighted by atomic mass is 31.0. The molecule has 0 atom stereocenters. The highest BCUT2D eigenvalue weighted by Gasteiger charge is 2.15. The lowest BCUT2D eigenvalue weighted by molar-refractivity contribution is -0.114. The summed E-state index contributed by atoms with van der Waals surface area (Å²) in [5, 5.41) is 2.85. The number of amides is 1. The van der Waals surface area contributed by atoms with Crippen molar-refractivity contribution in [1.29, 1.82) is 0 Å². The van der Waals surface area contributed by atoms with E-state index in [1.807, 2.05) is 24.3 Å². The van der Waals surface area contributed by atoms with E-state index in [9.17, 15) is 4.79 Å². The van der Waals surface area contributed by atoms with Gasteiger partial charge in [0.05, 0.1) is 45.6 Å². The molecule has 10 nitrogen and oxygen atoms in total. The monoisotopic (exact) mass is 884 g/mol. The molecule has 4 aliphatic heterocycles. The van der Waals surface area contributed by atoms with Crippen molar-refractivity contribution in [1.82, 2.24) is 39.9 Å². The van der Waals surface area contributed by atoms with E-state index >= 15 is 0 Å².